The van der Waals surface area contributed by atoms with Gasteiger partial charge >= 0.3 is 0 Å². The Labute approximate surface area is 153 Å². The van der Waals surface area contributed by atoms with E-state index in [1.54, 1.807) is 41.2 Å². The Morgan fingerprint density at radius 1 is 0.923 bits per heavy atom. The molecule has 0 atom stereocenters. The maximum absolute atomic E-state index is 12.6. The number of amides is 2. The number of nitrogens with zero attached hydrogens (tertiary/aromatic N) is 2. The quantitative estimate of drug-likeness (QED) is 0.797. The van der Waals surface area contributed by atoms with Crippen LogP contribution in [-0.4, -0.2) is 54.9 Å². The highest BCUT2D eigenvalue weighted by molar-refractivity contribution is 5.95. The highest BCUT2D eigenvalue weighted by Gasteiger charge is 2.24. The van der Waals surface area contributed by atoms with Gasteiger partial charge in [-0.25, -0.2) is 0 Å². The lowest BCUT2D eigenvalue weighted by Gasteiger charge is -2.34. The third-order valence-corrected chi connectivity index (χ3v) is 4.41. The molecule has 2 amide bonds. The maximum atomic E-state index is 12.6. The number of carbonyl (C=O) groups excluding carboxylic acids is 2. The van der Waals surface area contributed by atoms with Crippen LogP contribution in [0.3, 0.4) is 0 Å². The molecule has 0 aromatic heterocycles. The van der Waals surface area contributed by atoms with Crippen LogP contribution < -0.4 is 4.74 Å². The summed E-state index contributed by atoms with van der Waals surface area (Å²) in [4.78, 5) is 28.5. The van der Waals surface area contributed by atoms with Gasteiger partial charge in [-0.2, -0.15) is 0 Å². The van der Waals surface area contributed by atoms with E-state index in [1.165, 1.54) is 0 Å². The van der Waals surface area contributed by atoms with E-state index >= 15 is 0 Å². The molecular formula is C21H22N2O3. The molecule has 5 nitrogen and oxygen atoms in total. The number of ether oxygens (including phenoxy) is 1. The van der Waals surface area contributed by atoms with Crippen molar-refractivity contribution in [2.24, 2.45) is 0 Å². The summed E-state index contributed by atoms with van der Waals surface area (Å²) in [6.07, 6.45) is 3.41. The van der Waals surface area contributed by atoms with Gasteiger partial charge in [-0.1, -0.05) is 36.4 Å². The minimum atomic E-state index is -0.0316. The topological polar surface area (TPSA) is 49.9 Å². The second-order valence-corrected chi connectivity index (χ2v) is 6.09. The van der Waals surface area contributed by atoms with E-state index in [1.807, 2.05) is 42.5 Å². The highest BCUT2D eigenvalue weighted by atomic mass is 16.5. The molecule has 0 aliphatic carbocycles. The van der Waals surface area contributed by atoms with E-state index in [4.69, 9.17) is 4.74 Å². The van der Waals surface area contributed by atoms with Gasteiger partial charge in [0.15, 0.2) is 0 Å². The van der Waals surface area contributed by atoms with Gasteiger partial charge in [-0.3, -0.25) is 9.59 Å². The zero-order valence-corrected chi connectivity index (χ0v) is 14.8. The predicted octanol–water partition coefficient (Wildman–Crippen LogP) is 2.69. The average molecular weight is 350 g/mol. The minimum Gasteiger partial charge on any atom is -0.497 e. The number of benzene rings is 2. The van der Waals surface area contributed by atoms with Crippen LogP contribution in [0, 0.1) is 0 Å². The normalized spacial score (nSPS) is 14.5. The minimum absolute atomic E-state index is 0.0256. The van der Waals surface area contributed by atoms with Crippen molar-refractivity contribution in [3.05, 3.63) is 71.8 Å². The van der Waals surface area contributed by atoms with Crippen molar-refractivity contribution in [3.63, 3.8) is 0 Å². The molecule has 0 spiro atoms. The fourth-order valence-electron chi connectivity index (χ4n) is 2.91. The number of methoxy groups -OCH3 is 1. The van der Waals surface area contributed by atoms with E-state index in [9.17, 15) is 9.59 Å². The summed E-state index contributed by atoms with van der Waals surface area (Å²) < 4.78 is 5.17. The molecular weight excluding hydrogens is 328 g/mol. The highest BCUT2D eigenvalue weighted by Crippen LogP contribution is 2.15. The van der Waals surface area contributed by atoms with Crippen molar-refractivity contribution >= 4 is 17.9 Å². The molecule has 0 N–H and O–H groups in total. The lowest BCUT2D eigenvalue weighted by Crippen LogP contribution is -2.50. The average Bonchev–Trinajstić information content (AvgIpc) is 2.72. The summed E-state index contributed by atoms with van der Waals surface area (Å²) in [5.41, 5.74) is 1.60. The Morgan fingerprint density at radius 2 is 1.62 bits per heavy atom. The van der Waals surface area contributed by atoms with Gasteiger partial charge in [0.05, 0.1) is 7.11 Å². The fraction of sp³-hybridized carbons (Fsp3) is 0.238. The zero-order chi connectivity index (χ0) is 18.4. The lowest BCUT2D eigenvalue weighted by atomic mass is 10.1. The van der Waals surface area contributed by atoms with Crippen molar-refractivity contribution in [3.8, 4) is 5.75 Å². The van der Waals surface area contributed by atoms with Crippen LogP contribution in [0.15, 0.2) is 60.7 Å². The van der Waals surface area contributed by atoms with Crippen LogP contribution in [0.25, 0.3) is 6.08 Å². The first-order valence-electron chi connectivity index (χ1n) is 8.63. The van der Waals surface area contributed by atoms with E-state index in [0.29, 0.717) is 37.5 Å². The lowest BCUT2D eigenvalue weighted by molar-refractivity contribution is -0.127. The molecule has 2 aromatic carbocycles. The van der Waals surface area contributed by atoms with Gasteiger partial charge in [0.25, 0.3) is 5.91 Å². The van der Waals surface area contributed by atoms with Crippen LogP contribution >= 0.6 is 0 Å². The number of hydrogen-bond acceptors (Lipinski definition) is 3. The number of hydrogen-bond donors (Lipinski definition) is 0. The largest absolute Gasteiger partial charge is 0.497 e. The van der Waals surface area contributed by atoms with E-state index in [0.717, 1.165) is 5.56 Å². The molecule has 1 fully saturated rings. The molecule has 1 saturated heterocycles. The summed E-state index contributed by atoms with van der Waals surface area (Å²) in [5, 5.41) is 0. The molecule has 26 heavy (non-hydrogen) atoms. The molecule has 5 heteroatoms. The first kappa shape index (κ1) is 17.7. The van der Waals surface area contributed by atoms with E-state index in [2.05, 4.69) is 0 Å². The molecule has 0 saturated carbocycles. The van der Waals surface area contributed by atoms with Crippen LogP contribution in [0.2, 0.25) is 0 Å². The van der Waals surface area contributed by atoms with Crippen LogP contribution in [0.1, 0.15) is 15.9 Å². The van der Waals surface area contributed by atoms with Gasteiger partial charge in [-0.05, 0) is 29.8 Å². The summed E-state index contributed by atoms with van der Waals surface area (Å²) in [7, 11) is 1.58. The molecule has 1 heterocycles. The molecule has 134 valence electrons. The first-order chi connectivity index (χ1) is 12.7. The molecule has 0 bridgehead atoms. The number of piperazine rings is 1. The van der Waals surface area contributed by atoms with E-state index in [-0.39, 0.29) is 11.8 Å². The third kappa shape index (κ3) is 4.30. The molecule has 1 aliphatic rings. The van der Waals surface area contributed by atoms with Crippen molar-refractivity contribution in [2.45, 2.75) is 0 Å². The number of carbonyl (C=O) groups is 2. The van der Waals surface area contributed by atoms with Crippen LogP contribution in [0.5, 0.6) is 5.75 Å². The van der Waals surface area contributed by atoms with Gasteiger partial charge in [0, 0.05) is 37.8 Å². The summed E-state index contributed by atoms with van der Waals surface area (Å²) in [6, 6.07) is 16.9. The van der Waals surface area contributed by atoms with Gasteiger partial charge in [0.2, 0.25) is 5.91 Å². The van der Waals surface area contributed by atoms with Gasteiger partial charge in [0.1, 0.15) is 5.75 Å². The number of rotatable bonds is 4. The first-order valence-corrected chi connectivity index (χ1v) is 8.63. The van der Waals surface area contributed by atoms with Crippen molar-refractivity contribution in [1.29, 1.82) is 0 Å². The van der Waals surface area contributed by atoms with Gasteiger partial charge in [-0.15, -0.1) is 0 Å². The van der Waals surface area contributed by atoms with Crippen LogP contribution in [0.4, 0.5) is 0 Å². The molecule has 1 aliphatic heterocycles. The van der Waals surface area contributed by atoms with Gasteiger partial charge < -0.3 is 14.5 Å². The Kier molecular flexibility index (Phi) is 5.69. The molecule has 0 unspecified atom stereocenters. The van der Waals surface area contributed by atoms with Crippen molar-refractivity contribution < 1.29 is 14.3 Å². The fourth-order valence-corrected chi connectivity index (χ4v) is 2.91. The Balaban J connectivity index is 1.56. The van der Waals surface area contributed by atoms with E-state index < -0.39 is 0 Å². The predicted molar refractivity (Wildman–Crippen MR) is 101 cm³/mol. The summed E-state index contributed by atoms with van der Waals surface area (Å²) >= 11 is 0. The monoisotopic (exact) mass is 350 g/mol. The molecule has 0 radical (unpaired) electrons. The van der Waals surface area contributed by atoms with Crippen molar-refractivity contribution in [2.75, 3.05) is 33.3 Å². The standard InChI is InChI=1S/C21H22N2O3/c1-26-19-9-5-8-18(16-19)21(25)23-14-12-22(13-15-23)20(24)11-10-17-6-3-2-4-7-17/h2-11,16H,12-15H2,1H3. The smallest absolute Gasteiger partial charge is 0.254 e. The van der Waals surface area contributed by atoms with Crippen LogP contribution in [-0.2, 0) is 4.79 Å². The Morgan fingerprint density at radius 3 is 2.31 bits per heavy atom. The molecule has 3 rings (SSSR count). The SMILES string of the molecule is COc1cccc(C(=O)N2CCN(C(=O)C=Cc3ccccc3)CC2)c1. The third-order valence-electron chi connectivity index (χ3n) is 4.41. The van der Waals surface area contributed by atoms with Crippen molar-refractivity contribution in [1.82, 2.24) is 9.80 Å². The maximum Gasteiger partial charge on any atom is 0.254 e. The second-order valence-electron chi connectivity index (χ2n) is 6.09. The zero-order valence-electron chi connectivity index (χ0n) is 14.8. The Hall–Kier alpha value is -3.08. The molecule has 2 aromatic rings. The second kappa shape index (κ2) is 8.34. The Bertz CT molecular complexity index is 794. The summed E-state index contributed by atoms with van der Waals surface area (Å²) in [5.74, 6) is 0.605. The summed E-state index contributed by atoms with van der Waals surface area (Å²) in [6.45, 7) is 2.13.